The van der Waals surface area contributed by atoms with Gasteiger partial charge in [0, 0.05) is 26.4 Å². The summed E-state index contributed by atoms with van der Waals surface area (Å²) >= 11 is 0. The van der Waals surface area contributed by atoms with Gasteiger partial charge in [-0.15, -0.1) is 0 Å². The average molecular weight is 335 g/mol. The number of nitrogens with zero attached hydrogens (tertiary/aromatic N) is 1. The van der Waals surface area contributed by atoms with Crippen LogP contribution in [0.1, 0.15) is 38.7 Å². The Labute approximate surface area is 142 Å². The third-order valence-electron chi connectivity index (χ3n) is 4.14. The number of rotatable bonds is 7. The average Bonchev–Trinajstić information content (AvgIpc) is 2.99. The number of ether oxygens (including phenoxy) is 2. The fourth-order valence-electron chi connectivity index (χ4n) is 3.02. The van der Waals surface area contributed by atoms with E-state index in [0.29, 0.717) is 25.9 Å². The molecule has 6 heteroatoms. The van der Waals surface area contributed by atoms with Gasteiger partial charge >= 0.3 is 11.9 Å². The van der Waals surface area contributed by atoms with Gasteiger partial charge in [-0.2, -0.15) is 5.06 Å². The Morgan fingerprint density at radius 1 is 1.33 bits per heavy atom. The molecule has 1 aliphatic rings. The van der Waals surface area contributed by atoms with Crippen molar-refractivity contribution in [3.05, 3.63) is 35.9 Å². The van der Waals surface area contributed by atoms with Crippen LogP contribution in [0.3, 0.4) is 0 Å². The van der Waals surface area contributed by atoms with Crippen molar-refractivity contribution in [3.63, 3.8) is 0 Å². The van der Waals surface area contributed by atoms with Crippen LogP contribution in [0.4, 0.5) is 0 Å². The van der Waals surface area contributed by atoms with Gasteiger partial charge in [0.1, 0.15) is 6.10 Å². The Hall–Kier alpha value is -1.92. The number of hydroxylamine groups is 2. The number of hydrogen-bond acceptors (Lipinski definition) is 6. The molecule has 0 radical (unpaired) electrons. The minimum absolute atomic E-state index is 0.421. The summed E-state index contributed by atoms with van der Waals surface area (Å²) in [4.78, 5) is 29.9. The summed E-state index contributed by atoms with van der Waals surface area (Å²) in [5.41, 5.74) is -0.191. The lowest BCUT2D eigenvalue weighted by molar-refractivity contribution is -0.243. The zero-order valence-electron chi connectivity index (χ0n) is 14.5. The van der Waals surface area contributed by atoms with Crippen LogP contribution >= 0.6 is 0 Å². The lowest BCUT2D eigenvalue weighted by Crippen LogP contribution is -2.52. The summed E-state index contributed by atoms with van der Waals surface area (Å²) < 4.78 is 10.4. The summed E-state index contributed by atoms with van der Waals surface area (Å²) in [5, 5.41) is 1.73. The molecule has 1 fully saturated rings. The molecule has 0 spiro atoms. The third-order valence-corrected chi connectivity index (χ3v) is 4.14. The molecule has 0 aliphatic carbocycles. The highest BCUT2D eigenvalue weighted by molar-refractivity contribution is 5.81. The highest BCUT2D eigenvalue weighted by atomic mass is 16.7. The predicted molar refractivity (Wildman–Crippen MR) is 87.8 cm³/mol. The number of carbonyl (C=O) groups is 2. The van der Waals surface area contributed by atoms with Gasteiger partial charge in [0.2, 0.25) is 5.60 Å². The number of esters is 2. The van der Waals surface area contributed by atoms with Crippen molar-refractivity contribution in [2.75, 3.05) is 13.7 Å². The molecule has 0 bridgehead atoms. The molecule has 1 heterocycles. The van der Waals surface area contributed by atoms with Gasteiger partial charge in [0.05, 0.1) is 7.11 Å². The van der Waals surface area contributed by atoms with Crippen LogP contribution in [-0.4, -0.2) is 42.4 Å². The van der Waals surface area contributed by atoms with Gasteiger partial charge in [0.25, 0.3) is 0 Å². The van der Waals surface area contributed by atoms with Gasteiger partial charge in [0.15, 0.2) is 0 Å². The second kappa shape index (κ2) is 8.26. The SMILES string of the molecule is CCC[C@@H](OC(C)=O)[C@]1(C(=O)OC)CCN(Cc2ccccc2)O1. The highest BCUT2D eigenvalue weighted by Gasteiger charge is 2.55. The van der Waals surface area contributed by atoms with Crippen molar-refractivity contribution >= 4 is 11.9 Å². The van der Waals surface area contributed by atoms with Gasteiger partial charge in [-0.1, -0.05) is 43.7 Å². The van der Waals surface area contributed by atoms with E-state index in [1.807, 2.05) is 37.3 Å². The van der Waals surface area contributed by atoms with Crippen molar-refractivity contribution < 1.29 is 23.9 Å². The van der Waals surface area contributed by atoms with E-state index in [-0.39, 0.29) is 0 Å². The molecule has 6 nitrogen and oxygen atoms in total. The molecule has 132 valence electrons. The number of hydrogen-bond donors (Lipinski definition) is 0. The van der Waals surface area contributed by atoms with Crippen LogP contribution in [0.5, 0.6) is 0 Å². The molecule has 0 N–H and O–H groups in total. The Balaban J connectivity index is 2.19. The first-order valence-corrected chi connectivity index (χ1v) is 8.25. The lowest BCUT2D eigenvalue weighted by atomic mass is 9.90. The number of benzene rings is 1. The van der Waals surface area contributed by atoms with Crippen molar-refractivity contribution in [3.8, 4) is 0 Å². The van der Waals surface area contributed by atoms with E-state index in [0.717, 1.165) is 12.0 Å². The molecule has 2 rings (SSSR count). The molecule has 2 atom stereocenters. The molecular weight excluding hydrogens is 310 g/mol. The van der Waals surface area contributed by atoms with Gasteiger partial charge in [-0.25, -0.2) is 4.79 Å². The lowest BCUT2D eigenvalue weighted by Gasteiger charge is -2.33. The first-order valence-electron chi connectivity index (χ1n) is 8.25. The first-order chi connectivity index (χ1) is 11.5. The van der Waals surface area contributed by atoms with E-state index in [1.165, 1.54) is 14.0 Å². The molecule has 0 amide bonds. The zero-order chi connectivity index (χ0) is 17.6. The second-order valence-electron chi connectivity index (χ2n) is 5.96. The fourth-order valence-corrected chi connectivity index (χ4v) is 3.02. The maximum Gasteiger partial charge on any atom is 0.344 e. The number of methoxy groups -OCH3 is 1. The van der Waals surface area contributed by atoms with E-state index < -0.39 is 23.6 Å². The molecular formula is C18H25NO5. The zero-order valence-corrected chi connectivity index (χ0v) is 14.5. The summed E-state index contributed by atoms with van der Waals surface area (Å²) in [6, 6.07) is 9.86. The third kappa shape index (κ3) is 4.13. The smallest absolute Gasteiger partial charge is 0.344 e. The molecule has 1 aliphatic heterocycles. The Kier molecular flexibility index (Phi) is 6.34. The Bertz CT molecular complexity index is 562. The summed E-state index contributed by atoms with van der Waals surface area (Å²) in [6.45, 7) is 4.42. The van der Waals surface area contributed by atoms with E-state index >= 15 is 0 Å². The van der Waals surface area contributed by atoms with Crippen LogP contribution in [0.25, 0.3) is 0 Å². The molecule has 1 aromatic carbocycles. The van der Waals surface area contributed by atoms with Crippen LogP contribution in [0.2, 0.25) is 0 Å². The van der Waals surface area contributed by atoms with Crippen LogP contribution in [0, 0.1) is 0 Å². The molecule has 0 aromatic heterocycles. The summed E-state index contributed by atoms with van der Waals surface area (Å²) in [5.74, 6) is -0.931. The standard InChI is InChI=1S/C18H25NO5/c1-4-8-16(23-14(2)20)18(17(21)22-3)11-12-19(24-18)13-15-9-6-5-7-10-15/h5-7,9-10,16H,4,8,11-13H2,1-3H3/t16-,18+/m1/s1. The monoisotopic (exact) mass is 335 g/mol. The normalized spacial score (nSPS) is 22.1. The van der Waals surface area contributed by atoms with E-state index in [1.54, 1.807) is 5.06 Å². The van der Waals surface area contributed by atoms with Crippen LogP contribution in [0.15, 0.2) is 30.3 Å². The Morgan fingerprint density at radius 2 is 2.04 bits per heavy atom. The van der Waals surface area contributed by atoms with Gasteiger partial charge in [-0.3, -0.25) is 9.63 Å². The van der Waals surface area contributed by atoms with E-state index in [9.17, 15) is 9.59 Å². The minimum Gasteiger partial charge on any atom is -0.467 e. The van der Waals surface area contributed by atoms with Crippen molar-refractivity contribution in [1.29, 1.82) is 0 Å². The molecule has 0 unspecified atom stereocenters. The fraction of sp³-hybridized carbons (Fsp3) is 0.556. The largest absolute Gasteiger partial charge is 0.467 e. The Morgan fingerprint density at radius 3 is 2.62 bits per heavy atom. The number of carbonyl (C=O) groups excluding carboxylic acids is 2. The van der Waals surface area contributed by atoms with Crippen molar-refractivity contribution in [2.24, 2.45) is 0 Å². The quantitative estimate of drug-likeness (QED) is 0.713. The predicted octanol–water partition coefficient (Wildman–Crippen LogP) is 2.47. The maximum absolute atomic E-state index is 12.5. The topological polar surface area (TPSA) is 65.1 Å². The maximum atomic E-state index is 12.5. The molecule has 1 aromatic rings. The van der Waals surface area contributed by atoms with Gasteiger partial charge in [-0.05, 0) is 12.0 Å². The summed E-state index contributed by atoms with van der Waals surface area (Å²) in [7, 11) is 1.32. The van der Waals surface area contributed by atoms with Crippen molar-refractivity contribution in [2.45, 2.75) is 51.4 Å². The van der Waals surface area contributed by atoms with Crippen molar-refractivity contribution in [1.82, 2.24) is 5.06 Å². The highest BCUT2D eigenvalue weighted by Crippen LogP contribution is 2.35. The molecule has 24 heavy (non-hydrogen) atoms. The summed E-state index contributed by atoms with van der Waals surface area (Å²) in [6.07, 6.45) is 1.06. The van der Waals surface area contributed by atoms with E-state index in [2.05, 4.69) is 0 Å². The van der Waals surface area contributed by atoms with Gasteiger partial charge < -0.3 is 9.47 Å². The van der Waals surface area contributed by atoms with Crippen LogP contribution < -0.4 is 0 Å². The van der Waals surface area contributed by atoms with E-state index in [4.69, 9.17) is 14.3 Å². The molecule has 0 saturated carbocycles. The first kappa shape index (κ1) is 18.4. The minimum atomic E-state index is -1.27. The molecule has 1 saturated heterocycles. The second-order valence-corrected chi connectivity index (χ2v) is 5.96. The van der Waals surface area contributed by atoms with Crippen LogP contribution in [-0.2, 0) is 30.4 Å².